The molecule has 0 radical (unpaired) electrons. The monoisotopic (exact) mass is 393 g/mol. The summed E-state index contributed by atoms with van der Waals surface area (Å²) in [5.41, 5.74) is 0. The van der Waals surface area contributed by atoms with Gasteiger partial charge < -0.3 is 15.4 Å². The topological polar surface area (TPSA) is 89.3 Å². The summed E-state index contributed by atoms with van der Waals surface area (Å²) in [5, 5.41) is 16.1. The molecule has 0 fully saturated rings. The largest absolute Gasteiger partial charge is 0.493 e. The van der Waals surface area contributed by atoms with Gasteiger partial charge in [-0.25, -0.2) is 4.40 Å². The molecule has 2 N–H and O–H groups in total. The zero-order valence-corrected chi connectivity index (χ0v) is 16.1. The van der Waals surface area contributed by atoms with E-state index in [1.807, 2.05) is 30.4 Å². The Kier molecular flexibility index (Phi) is 6.35. The van der Waals surface area contributed by atoms with Crippen molar-refractivity contribution in [3.63, 3.8) is 0 Å². The van der Waals surface area contributed by atoms with Crippen molar-refractivity contribution in [2.75, 3.05) is 36.1 Å². The minimum absolute atomic E-state index is 0.507. The Morgan fingerprint density at radius 1 is 1.08 bits per heavy atom. The van der Waals surface area contributed by atoms with Crippen LogP contribution in [0.3, 0.4) is 0 Å². The fourth-order valence-corrected chi connectivity index (χ4v) is 3.09. The van der Waals surface area contributed by atoms with Gasteiger partial charge in [0.1, 0.15) is 5.75 Å². The van der Waals surface area contributed by atoms with E-state index in [2.05, 4.69) is 30.8 Å². The van der Waals surface area contributed by atoms with E-state index in [-0.39, 0.29) is 0 Å². The summed E-state index contributed by atoms with van der Waals surface area (Å²) < 4.78 is 7.52. The lowest BCUT2D eigenvalue weighted by Gasteiger charge is -2.10. The molecule has 10 heteroatoms. The van der Waals surface area contributed by atoms with Crippen molar-refractivity contribution in [3.8, 4) is 5.75 Å². The first-order valence-corrected chi connectivity index (χ1v) is 9.69. The lowest BCUT2D eigenvalue weighted by atomic mass is 10.3. The molecule has 2 aromatic heterocycles. The number of benzene rings is 1. The fraction of sp³-hybridized carbons (Fsp3) is 0.375. The highest BCUT2D eigenvalue weighted by atomic mass is 35.5. The molecule has 3 rings (SSSR count). The van der Waals surface area contributed by atoms with Crippen LogP contribution in [-0.2, 0) is 0 Å². The van der Waals surface area contributed by atoms with Gasteiger partial charge in [-0.15, -0.1) is 10.2 Å². The smallest absolute Gasteiger partial charge is 0.261 e. The van der Waals surface area contributed by atoms with Gasteiger partial charge in [0.2, 0.25) is 11.9 Å². The van der Waals surface area contributed by atoms with Crippen LogP contribution < -0.4 is 15.4 Å². The number of fused-ring (bicyclic) bond motifs is 1. The molecule has 0 saturated carbocycles. The van der Waals surface area contributed by atoms with Crippen LogP contribution in [0.1, 0.15) is 13.8 Å². The molecule has 8 nitrogen and oxygen atoms in total. The van der Waals surface area contributed by atoms with Crippen molar-refractivity contribution in [1.29, 1.82) is 0 Å². The predicted octanol–water partition coefficient (Wildman–Crippen LogP) is 3.21. The third-order valence-electron chi connectivity index (χ3n) is 3.31. The minimum Gasteiger partial charge on any atom is -0.493 e. The number of aromatic nitrogens is 5. The number of anilines is 2. The molecule has 0 aliphatic heterocycles. The van der Waals surface area contributed by atoms with Gasteiger partial charge in [-0.1, -0.05) is 23.4 Å². The van der Waals surface area contributed by atoms with E-state index in [0.717, 1.165) is 24.0 Å². The third kappa shape index (κ3) is 4.47. The molecule has 0 aliphatic carbocycles. The Hall–Kier alpha value is -2.26. The van der Waals surface area contributed by atoms with Crippen molar-refractivity contribution >= 4 is 41.0 Å². The lowest BCUT2D eigenvalue weighted by molar-refractivity contribution is 0.344. The van der Waals surface area contributed by atoms with E-state index < -0.39 is 0 Å². The Morgan fingerprint density at radius 2 is 1.85 bits per heavy atom. The second-order valence-corrected chi connectivity index (χ2v) is 6.70. The van der Waals surface area contributed by atoms with Gasteiger partial charge in [-0.2, -0.15) is 9.97 Å². The molecule has 1 aromatic carbocycles. The van der Waals surface area contributed by atoms with E-state index >= 15 is 0 Å². The standard InChI is InChI=1S/C16H20ClN7OS/c1-3-18-13-20-14(19-4-2)24-15(21-13)22-23-16(24)26-10-9-25-12-7-5-11(17)6-8-12/h5-8H,3-4,9-10H2,1-2H3,(H2,18,19,20,21,22). The van der Waals surface area contributed by atoms with E-state index in [9.17, 15) is 0 Å². The average Bonchev–Trinajstić information content (AvgIpc) is 3.04. The summed E-state index contributed by atoms with van der Waals surface area (Å²) in [7, 11) is 0. The molecule has 0 atom stereocenters. The molecule has 0 amide bonds. The molecular formula is C16H20ClN7OS. The summed E-state index contributed by atoms with van der Waals surface area (Å²) in [6.45, 7) is 6.01. The number of rotatable bonds is 9. The highest BCUT2D eigenvalue weighted by Gasteiger charge is 2.14. The molecule has 26 heavy (non-hydrogen) atoms. The van der Waals surface area contributed by atoms with Crippen LogP contribution in [0, 0.1) is 0 Å². The Morgan fingerprint density at radius 3 is 2.58 bits per heavy atom. The van der Waals surface area contributed by atoms with Gasteiger partial charge in [-0.3, -0.25) is 0 Å². The summed E-state index contributed by atoms with van der Waals surface area (Å²) in [6, 6.07) is 7.30. The van der Waals surface area contributed by atoms with E-state index in [1.165, 1.54) is 11.8 Å². The van der Waals surface area contributed by atoms with E-state index in [4.69, 9.17) is 16.3 Å². The summed E-state index contributed by atoms with van der Waals surface area (Å²) in [6.07, 6.45) is 0. The molecule has 3 aromatic rings. The van der Waals surface area contributed by atoms with Crippen LogP contribution in [0.2, 0.25) is 5.02 Å². The molecule has 0 bridgehead atoms. The van der Waals surface area contributed by atoms with E-state index in [0.29, 0.717) is 35.1 Å². The van der Waals surface area contributed by atoms with Crippen molar-refractivity contribution in [3.05, 3.63) is 29.3 Å². The highest BCUT2D eigenvalue weighted by molar-refractivity contribution is 7.99. The van der Waals surface area contributed by atoms with Gasteiger partial charge in [-0.05, 0) is 38.1 Å². The van der Waals surface area contributed by atoms with Crippen molar-refractivity contribution in [2.24, 2.45) is 0 Å². The first-order valence-electron chi connectivity index (χ1n) is 8.33. The number of nitrogens with one attached hydrogen (secondary N) is 2. The number of hydrogen-bond donors (Lipinski definition) is 2. The summed E-state index contributed by atoms with van der Waals surface area (Å²) in [5.74, 6) is 3.20. The zero-order valence-electron chi connectivity index (χ0n) is 14.6. The first-order chi connectivity index (χ1) is 12.7. The van der Waals surface area contributed by atoms with Gasteiger partial charge in [0.25, 0.3) is 5.78 Å². The maximum absolute atomic E-state index is 5.87. The van der Waals surface area contributed by atoms with Crippen LogP contribution in [0.4, 0.5) is 11.9 Å². The van der Waals surface area contributed by atoms with Gasteiger partial charge in [0.15, 0.2) is 5.16 Å². The lowest BCUT2D eigenvalue weighted by Crippen LogP contribution is -2.11. The Labute approximate surface area is 160 Å². The number of hydrogen-bond acceptors (Lipinski definition) is 8. The number of thioether (sulfide) groups is 1. The summed E-state index contributed by atoms with van der Waals surface area (Å²) >= 11 is 7.40. The molecule has 0 unspecified atom stereocenters. The maximum Gasteiger partial charge on any atom is 0.261 e. The number of halogens is 1. The molecular weight excluding hydrogens is 374 g/mol. The van der Waals surface area contributed by atoms with Crippen molar-refractivity contribution in [2.45, 2.75) is 19.0 Å². The fourth-order valence-electron chi connectivity index (χ4n) is 2.22. The highest BCUT2D eigenvalue weighted by Crippen LogP contribution is 2.21. The molecule has 2 heterocycles. The van der Waals surface area contributed by atoms with Crippen LogP contribution >= 0.6 is 23.4 Å². The van der Waals surface area contributed by atoms with Crippen molar-refractivity contribution < 1.29 is 4.74 Å². The number of nitrogens with zero attached hydrogens (tertiary/aromatic N) is 5. The van der Waals surface area contributed by atoms with Gasteiger partial charge in [0.05, 0.1) is 6.61 Å². The second-order valence-electron chi connectivity index (χ2n) is 5.20. The minimum atomic E-state index is 0.507. The van der Waals surface area contributed by atoms with Crippen LogP contribution in [-0.4, -0.2) is 50.0 Å². The van der Waals surface area contributed by atoms with Crippen LogP contribution in [0.5, 0.6) is 5.75 Å². The van der Waals surface area contributed by atoms with E-state index in [1.54, 1.807) is 12.1 Å². The van der Waals surface area contributed by atoms with Crippen molar-refractivity contribution in [1.82, 2.24) is 24.6 Å². The number of ether oxygens (including phenoxy) is 1. The SMILES string of the molecule is CCNc1nc(NCC)n2c(SCCOc3ccc(Cl)cc3)nnc2n1. The Balaban J connectivity index is 1.68. The van der Waals surface area contributed by atoms with Crippen LogP contribution in [0.25, 0.3) is 5.78 Å². The Bertz CT molecular complexity index is 856. The molecule has 0 spiro atoms. The van der Waals surface area contributed by atoms with Gasteiger partial charge in [0, 0.05) is 23.9 Å². The van der Waals surface area contributed by atoms with Crippen LogP contribution in [0.15, 0.2) is 29.4 Å². The third-order valence-corrected chi connectivity index (χ3v) is 4.46. The second kappa shape index (κ2) is 8.91. The average molecular weight is 394 g/mol. The predicted molar refractivity (Wildman–Crippen MR) is 105 cm³/mol. The molecule has 0 saturated heterocycles. The summed E-state index contributed by atoms with van der Waals surface area (Å²) in [4.78, 5) is 8.87. The maximum atomic E-state index is 5.87. The molecule has 0 aliphatic rings. The first kappa shape index (κ1) is 18.5. The quantitative estimate of drug-likeness (QED) is 0.423. The normalized spacial score (nSPS) is 10.9. The zero-order chi connectivity index (χ0) is 18.4. The van der Waals surface area contributed by atoms with Gasteiger partial charge >= 0.3 is 0 Å². The molecule has 138 valence electrons.